The fraction of sp³-hybridized carbons (Fsp3) is 0.0556. The Bertz CT molecular complexity index is 914. The summed E-state index contributed by atoms with van der Waals surface area (Å²) in [6.45, 7) is -0.330. The number of benzene rings is 3. The molecule has 3 nitrogen and oxygen atoms in total. The zero-order valence-corrected chi connectivity index (χ0v) is 14.6. The fourth-order valence-electron chi connectivity index (χ4n) is 2.15. The van der Waals surface area contributed by atoms with E-state index in [1.165, 1.54) is 12.1 Å². The molecule has 0 unspecified atom stereocenters. The van der Waals surface area contributed by atoms with Crippen molar-refractivity contribution >= 4 is 44.3 Å². The minimum absolute atomic E-state index is 0.0964. The average molecular weight is 410 g/mol. The van der Waals surface area contributed by atoms with E-state index in [9.17, 15) is 9.18 Å². The van der Waals surface area contributed by atoms with Crippen LogP contribution in [0.2, 0.25) is 5.02 Å². The molecule has 0 aromatic heterocycles. The highest BCUT2D eigenvalue weighted by atomic mass is 79.9. The number of fused-ring (bicyclic) bond motifs is 1. The Labute approximate surface area is 151 Å². The van der Waals surface area contributed by atoms with E-state index in [4.69, 9.17) is 21.1 Å². The van der Waals surface area contributed by atoms with E-state index >= 15 is 0 Å². The van der Waals surface area contributed by atoms with Gasteiger partial charge in [-0.25, -0.2) is 9.18 Å². The minimum Gasteiger partial charge on any atom is -0.480 e. The first-order valence-electron chi connectivity index (χ1n) is 6.99. The zero-order chi connectivity index (χ0) is 17.1. The van der Waals surface area contributed by atoms with Crippen molar-refractivity contribution in [1.82, 2.24) is 0 Å². The predicted molar refractivity (Wildman–Crippen MR) is 94.2 cm³/mol. The molecular weight excluding hydrogens is 399 g/mol. The standard InChI is InChI=1S/C18H11BrClFO3/c19-13-3-1-12-8-15(5-2-11(12)7-13)24-18(22)10-23-17-6-4-14(21)9-16(17)20/h1-9H,10H2. The summed E-state index contributed by atoms with van der Waals surface area (Å²) in [6.07, 6.45) is 0. The molecule has 0 aliphatic carbocycles. The van der Waals surface area contributed by atoms with Crippen LogP contribution in [-0.2, 0) is 4.79 Å². The molecule has 0 aliphatic rings. The second kappa shape index (κ2) is 7.20. The largest absolute Gasteiger partial charge is 0.480 e. The third kappa shape index (κ3) is 4.04. The molecule has 0 saturated carbocycles. The maximum atomic E-state index is 13.0. The van der Waals surface area contributed by atoms with Crippen molar-refractivity contribution in [2.24, 2.45) is 0 Å². The lowest BCUT2D eigenvalue weighted by Crippen LogP contribution is -2.17. The number of carbonyl (C=O) groups is 1. The average Bonchev–Trinajstić information content (AvgIpc) is 2.54. The molecule has 0 saturated heterocycles. The summed E-state index contributed by atoms with van der Waals surface area (Å²) in [5.74, 6) is -0.411. The van der Waals surface area contributed by atoms with Gasteiger partial charge in [0, 0.05) is 4.47 Å². The van der Waals surface area contributed by atoms with Crippen LogP contribution in [0, 0.1) is 5.82 Å². The normalized spacial score (nSPS) is 10.6. The Balaban J connectivity index is 1.65. The molecule has 0 spiro atoms. The Morgan fingerprint density at radius 2 is 1.79 bits per heavy atom. The summed E-state index contributed by atoms with van der Waals surface area (Å²) in [5, 5.41) is 2.07. The van der Waals surface area contributed by atoms with E-state index in [0.29, 0.717) is 5.75 Å². The van der Waals surface area contributed by atoms with Crippen molar-refractivity contribution in [2.45, 2.75) is 0 Å². The van der Waals surface area contributed by atoms with E-state index < -0.39 is 11.8 Å². The predicted octanol–water partition coefficient (Wildman–Crippen LogP) is 5.38. The second-order valence-corrected chi connectivity index (χ2v) is 6.31. The van der Waals surface area contributed by atoms with Crippen LogP contribution in [0.5, 0.6) is 11.5 Å². The summed E-state index contributed by atoms with van der Waals surface area (Å²) in [5.41, 5.74) is 0. The highest BCUT2D eigenvalue weighted by Crippen LogP contribution is 2.26. The van der Waals surface area contributed by atoms with Gasteiger partial charge in [0.1, 0.15) is 17.3 Å². The number of carbonyl (C=O) groups excluding carboxylic acids is 1. The fourth-order valence-corrected chi connectivity index (χ4v) is 2.75. The lowest BCUT2D eigenvalue weighted by atomic mass is 10.1. The summed E-state index contributed by atoms with van der Waals surface area (Å²) in [7, 11) is 0. The van der Waals surface area contributed by atoms with Crippen molar-refractivity contribution in [2.75, 3.05) is 6.61 Å². The first-order chi connectivity index (χ1) is 11.5. The summed E-state index contributed by atoms with van der Waals surface area (Å²) in [6, 6.07) is 14.8. The first-order valence-corrected chi connectivity index (χ1v) is 8.16. The number of hydrogen-bond acceptors (Lipinski definition) is 3. The van der Waals surface area contributed by atoms with E-state index in [0.717, 1.165) is 21.3 Å². The molecule has 0 amide bonds. The van der Waals surface area contributed by atoms with Gasteiger partial charge in [-0.15, -0.1) is 0 Å². The lowest BCUT2D eigenvalue weighted by molar-refractivity contribution is -0.136. The highest BCUT2D eigenvalue weighted by Gasteiger charge is 2.09. The number of ether oxygens (including phenoxy) is 2. The van der Waals surface area contributed by atoms with Gasteiger partial charge in [0.05, 0.1) is 5.02 Å². The van der Waals surface area contributed by atoms with Crippen LogP contribution < -0.4 is 9.47 Å². The Morgan fingerprint density at radius 1 is 1.04 bits per heavy atom. The minimum atomic E-state index is -0.577. The Kier molecular flexibility index (Phi) is 5.02. The molecule has 0 radical (unpaired) electrons. The van der Waals surface area contributed by atoms with Gasteiger partial charge in [-0.2, -0.15) is 0 Å². The Morgan fingerprint density at radius 3 is 2.58 bits per heavy atom. The molecule has 0 bridgehead atoms. The van der Waals surface area contributed by atoms with Crippen LogP contribution in [0.3, 0.4) is 0 Å². The summed E-state index contributed by atoms with van der Waals surface area (Å²) in [4.78, 5) is 11.9. The zero-order valence-electron chi connectivity index (χ0n) is 12.3. The van der Waals surface area contributed by atoms with Crippen molar-refractivity contribution in [1.29, 1.82) is 0 Å². The van der Waals surface area contributed by atoms with Crippen molar-refractivity contribution < 1.29 is 18.7 Å². The van der Waals surface area contributed by atoms with Crippen LogP contribution >= 0.6 is 27.5 Å². The van der Waals surface area contributed by atoms with Gasteiger partial charge in [-0.1, -0.05) is 39.7 Å². The molecule has 24 heavy (non-hydrogen) atoms. The maximum Gasteiger partial charge on any atom is 0.349 e. The number of hydrogen-bond donors (Lipinski definition) is 0. The van der Waals surface area contributed by atoms with Crippen molar-refractivity contribution in [3.63, 3.8) is 0 Å². The summed E-state index contributed by atoms with van der Waals surface area (Å²) < 4.78 is 24.4. The lowest BCUT2D eigenvalue weighted by Gasteiger charge is -2.09. The third-order valence-electron chi connectivity index (χ3n) is 3.24. The van der Waals surface area contributed by atoms with Crippen LogP contribution in [0.1, 0.15) is 0 Å². The van der Waals surface area contributed by atoms with Crippen LogP contribution in [0.15, 0.2) is 59.1 Å². The van der Waals surface area contributed by atoms with Gasteiger partial charge < -0.3 is 9.47 Å². The second-order valence-electron chi connectivity index (χ2n) is 4.99. The molecule has 0 N–H and O–H groups in total. The number of rotatable bonds is 4. The van der Waals surface area contributed by atoms with Gasteiger partial charge in [0.15, 0.2) is 6.61 Å². The SMILES string of the molecule is O=C(COc1ccc(F)cc1Cl)Oc1ccc2cc(Br)ccc2c1. The molecule has 6 heteroatoms. The van der Waals surface area contributed by atoms with E-state index in [1.807, 2.05) is 24.3 Å². The quantitative estimate of drug-likeness (QED) is 0.429. The van der Waals surface area contributed by atoms with Crippen LogP contribution in [-0.4, -0.2) is 12.6 Å². The van der Waals surface area contributed by atoms with E-state index in [2.05, 4.69) is 15.9 Å². The first kappa shape index (κ1) is 16.7. The van der Waals surface area contributed by atoms with Crippen molar-refractivity contribution in [3.05, 3.63) is 69.9 Å². The molecule has 0 heterocycles. The number of halogens is 3. The molecule has 3 aromatic carbocycles. The van der Waals surface area contributed by atoms with Gasteiger partial charge >= 0.3 is 5.97 Å². The molecule has 0 atom stereocenters. The molecule has 0 aliphatic heterocycles. The van der Waals surface area contributed by atoms with E-state index in [-0.39, 0.29) is 17.4 Å². The molecule has 3 rings (SSSR count). The molecular formula is C18H11BrClFO3. The monoisotopic (exact) mass is 408 g/mol. The van der Waals surface area contributed by atoms with E-state index in [1.54, 1.807) is 12.1 Å². The van der Waals surface area contributed by atoms with Gasteiger partial charge in [0.25, 0.3) is 0 Å². The molecule has 122 valence electrons. The van der Waals surface area contributed by atoms with Crippen LogP contribution in [0.4, 0.5) is 4.39 Å². The topological polar surface area (TPSA) is 35.5 Å². The summed E-state index contributed by atoms with van der Waals surface area (Å²) >= 11 is 9.24. The van der Waals surface area contributed by atoms with Crippen molar-refractivity contribution in [3.8, 4) is 11.5 Å². The van der Waals surface area contributed by atoms with Gasteiger partial charge in [0.2, 0.25) is 0 Å². The molecule has 0 fully saturated rings. The molecule has 3 aromatic rings. The maximum absolute atomic E-state index is 13.0. The number of esters is 1. The Hall–Kier alpha value is -2.11. The van der Waals surface area contributed by atoms with Gasteiger partial charge in [-0.05, 0) is 53.2 Å². The third-order valence-corrected chi connectivity index (χ3v) is 4.03. The highest BCUT2D eigenvalue weighted by molar-refractivity contribution is 9.10. The van der Waals surface area contributed by atoms with Crippen LogP contribution in [0.25, 0.3) is 10.8 Å². The smallest absolute Gasteiger partial charge is 0.349 e. The van der Waals surface area contributed by atoms with Gasteiger partial charge in [-0.3, -0.25) is 0 Å².